The van der Waals surface area contributed by atoms with Crippen LogP contribution in [-0.2, 0) is 19.7 Å². The zero-order chi connectivity index (χ0) is 15.8. The predicted octanol–water partition coefficient (Wildman–Crippen LogP) is 1.56. The maximum absolute atomic E-state index is 12.2. The van der Waals surface area contributed by atoms with Crippen LogP contribution in [0.3, 0.4) is 0 Å². The number of nitrogens with two attached hydrogens (primary N) is 1. The van der Waals surface area contributed by atoms with E-state index in [0.717, 1.165) is 0 Å². The highest BCUT2D eigenvalue weighted by atomic mass is 32.2. The molecule has 1 aromatic rings. The van der Waals surface area contributed by atoms with Crippen LogP contribution in [0.4, 0.5) is 5.69 Å². The first-order valence-corrected chi connectivity index (χ1v) is 9.48. The molecule has 0 bridgehead atoms. The average molecular weight is 319 g/mol. The molecule has 0 amide bonds. The molecular weight excluding hydrogens is 298 g/mol. The molecule has 1 aromatic carbocycles. The Bertz CT molecular complexity index is 698. The third-order valence-electron chi connectivity index (χ3n) is 3.09. The normalized spacial score (nSPS) is 13.4. The zero-order valence-electron chi connectivity index (χ0n) is 12.2. The maximum atomic E-state index is 12.2. The van der Waals surface area contributed by atoms with Crippen LogP contribution in [0.15, 0.2) is 23.1 Å². The van der Waals surface area contributed by atoms with Gasteiger partial charge < -0.3 is 5.73 Å². The SMILES string of the molecule is Cc1cc(N)ccc1S(=O)(=O)CCS(=O)(=O)C(C)(C)C. The first-order valence-electron chi connectivity index (χ1n) is 6.18. The van der Waals surface area contributed by atoms with Gasteiger partial charge in [-0.1, -0.05) is 0 Å². The molecule has 7 heteroatoms. The van der Waals surface area contributed by atoms with Crippen LogP contribution in [0, 0.1) is 6.92 Å². The lowest BCUT2D eigenvalue weighted by Crippen LogP contribution is -2.33. The molecule has 0 heterocycles. The van der Waals surface area contributed by atoms with Gasteiger partial charge in [0, 0.05) is 5.69 Å². The number of hydrogen-bond acceptors (Lipinski definition) is 5. The van der Waals surface area contributed by atoms with Gasteiger partial charge in [-0.05, 0) is 51.5 Å². The topological polar surface area (TPSA) is 94.3 Å². The van der Waals surface area contributed by atoms with Gasteiger partial charge in [-0.15, -0.1) is 0 Å². The Kier molecular flexibility index (Phi) is 4.55. The van der Waals surface area contributed by atoms with Crippen LogP contribution in [0.5, 0.6) is 0 Å². The summed E-state index contributed by atoms with van der Waals surface area (Å²) in [4.78, 5) is 0.135. The van der Waals surface area contributed by atoms with Crippen molar-refractivity contribution < 1.29 is 16.8 Å². The third-order valence-corrected chi connectivity index (χ3v) is 7.82. The van der Waals surface area contributed by atoms with Crippen molar-refractivity contribution in [3.05, 3.63) is 23.8 Å². The molecule has 0 aromatic heterocycles. The highest BCUT2D eigenvalue weighted by Gasteiger charge is 2.31. The third kappa shape index (κ3) is 3.73. The summed E-state index contributed by atoms with van der Waals surface area (Å²) >= 11 is 0. The summed E-state index contributed by atoms with van der Waals surface area (Å²) in [5, 5.41) is 0. The molecule has 0 aliphatic rings. The molecule has 114 valence electrons. The molecule has 0 saturated heterocycles. The average Bonchev–Trinajstić information content (AvgIpc) is 2.24. The smallest absolute Gasteiger partial charge is 0.179 e. The summed E-state index contributed by atoms with van der Waals surface area (Å²) in [6.45, 7) is 6.32. The van der Waals surface area contributed by atoms with Gasteiger partial charge in [0.15, 0.2) is 19.7 Å². The second-order valence-corrected chi connectivity index (χ2v) is 10.7. The molecule has 5 nitrogen and oxygen atoms in total. The summed E-state index contributed by atoms with van der Waals surface area (Å²) < 4.78 is 47.5. The number of aryl methyl sites for hydroxylation is 1. The van der Waals surface area contributed by atoms with Crippen LogP contribution in [0.2, 0.25) is 0 Å². The van der Waals surface area contributed by atoms with Gasteiger partial charge >= 0.3 is 0 Å². The highest BCUT2D eigenvalue weighted by molar-refractivity contribution is 7.95. The van der Waals surface area contributed by atoms with Crippen molar-refractivity contribution in [2.75, 3.05) is 17.2 Å². The van der Waals surface area contributed by atoms with Crippen molar-refractivity contribution in [2.24, 2.45) is 0 Å². The van der Waals surface area contributed by atoms with Crippen molar-refractivity contribution in [3.63, 3.8) is 0 Å². The van der Waals surface area contributed by atoms with Crippen molar-refractivity contribution in [1.29, 1.82) is 0 Å². The fraction of sp³-hybridized carbons (Fsp3) is 0.538. The van der Waals surface area contributed by atoms with Crippen molar-refractivity contribution >= 4 is 25.4 Å². The Morgan fingerprint density at radius 2 is 1.60 bits per heavy atom. The molecule has 1 rings (SSSR count). The van der Waals surface area contributed by atoms with Crippen LogP contribution >= 0.6 is 0 Å². The van der Waals surface area contributed by atoms with E-state index in [9.17, 15) is 16.8 Å². The minimum Gasteiger partial charge on any atom is -0.399 e. The van der Waals surface area contributed by atoms with E-state index in [-0.39, 0.29) is 10.6 Å². The van der Waals surface area contributed by atoms with Crippen LogP contribution in [0.1, 0.15) is 26.3 Å². The van der Waals surface area contributed by atoms with Gasteiger partial charge in [0.1, 0.15) is 0 Å². The summed E-state index contributed by atoms with van der Waals surface area (Å²) in [6, 6.07) is 4.48. The lowest BCUT2D eigenvalue weighted by Gasteiger charge is -2.19. The summed E-state index contributed by atoms with van der Waals surface area (Å²) in [7, 11) is -7.10. The summed E-state index contributed by atoms with van der Waals surface area (Å²) in [6.07, 6.45) is 0. The second-order valence-electron chi connectivity index (χ2n) is 5.78. The van der Waals surface area contributed by atoms with Gasteiger partial charge in [0.25, 0.3) is 0 Å². The van der Waals surface area contributed by atoms with Crippen LogP contribution in [0.25, 0.3) is 0 Å². The van der Waals surface area contributed by atoms with Crippen LogP contribution in [-0.4, -0.2) is 33.1 Å². The maximum Gasteiger partial charge on any atom is 0.179 e. The number of benzene rings is 1. The molecule has 2 N–H and O–H groups in total. The molecule has 0 fully saturated rings. The molecule has 0 unspecified atom stereocenters. The molecule has 0 spiro atoms. The fourth-order valence-corrected chi connectivity index (χ4v) is 5.07. The van der Waals surface area contributed by atoms with E-state index in [1.165, 1.54) is 12.1 Å². The highest BCUT2D eigenvalue weighted by Crippen LogP contribution is 2.21. The Labute approximate surface area is 121 Å². The van der Waals surface area contributed by atoms with E-state index in [1.54, 1.807) is 33.8 Å². The Morgan fingerprint density at radius 3 is 2.05 bits per heavy atom. The quantitative estimate of drug-likeness (QED) is 0.850. The van der Waals surface area contributed by atoms with Gasteiger partial charge in [-0.2, -0.15) is 0 Å². The monoisotopic (exact) mass is 319 g/mol. The fourth-order valence-electron chi connectivity index (χ4n) is 1.66. The Hall–Kier alpha value is -1.08. The van der Waals surface area contributed by atoms with Gasteiger partial charge in [0.05, 0.1) is 21.1 Å². The number of rotatable bonds is 4. The number of nitrogen functional groups attached to an aromatic ring is 1. The van der Waals surface area contributed by atoms with E-state index in [1.807, 2.05) is 0 Å². The summed E-state index contributed by atoms with van der Waals surface area (Å²) in [5.74, 6) is -0.806. The van der Waals surface area contributed by atoms with Crippen LogP contribution < -0.4 is 5.73 Å². The lowest BCUT2D eigenvalue weighted by molar-refractivity contribution is 0.559. The van der Waals surface area contributed by atoms with Crippen molar-refractivity contribution in [3.8, 4) is 0 Å². The first-order chi connectivity index (χ1) is 8.87. The van der Waals surface area contributed by atoms with Crippen molar-refractivity contribution in [1.82, 2.24) is 0 Å². The largest absolute Gasteiger partial charge is 0.399 e. The molecule has 0 radical (unpaired) electrons. The first kappa shape index (κ1) is 17.0. The molecule has 20 heavy (non-hydrogen) atoms. The van der Waals surface area contributed by atoms with Gasteiger partial charge in [0.2, 0.25) is 0 Å². The Balaban J connectivity index is 3.03. The molecule has 0 aliphatic carbocycles. The number of sulfone groups is 2. The number of anilines is 1. The molecular formula is C13H21NO4S2. The Morgan fingerprint density at radius 1 is 1.05 bits per heavy atom. The minimum absolute atomic E-state index is 0.135. The lowest BCUT2D eigenvalue weighted by atomic mass is 10.2. The van der Waals surface area contributed by atoms with E-state index in [4.69, 9.17) is 5.73 Å². The van der Waals surface area contributed by atoms with E-state index in [2.05, 4.69) is 0 Å². The van der Waals surface area contributed by atoms with Gasteiger partial charge in [-0.25, -0.2) is 16.8 Å². The molecule has 0 saturated carbocycles. The molecule has 0 aliphatic heterocycles. The van der Waals surface area contributed by atoms with Gasteiger partial charge in [-0.3, -0.25) is 0 Å². The van der Waals surface area contributed by atoms with E-state index in [0.29, 0.717) is 11.3 Å². The molecule has 0 atom stereocenters. The minimum atomic E-state index is -3.64. The standard InChI is InChI=1S/C13H21NO4S2/c1-10-9-11(14)5-6-12(10)19(15,16)7-8-20(17,18)13(2,3)4/h5-6,9H,7-8,14H2,1-4H3. The number of hydrogen-bond donors (Lipinski definition) is 1. The predicted molar refractivity (Wildman–Crippen MR) is 81.2 cm³/mol. The zero-order valence-corrected chi connectivity index (χ0v) is 13.8. The van der Waals surface area contributed by atoms with E-state index < -0.39 is 30.2 Å². The second kappa shape index (κ2) is 5.37. The van der Waals surface area contributed by atoms with E-state index >= 15 is 0 Å². The van der Waals surface area contributed by atoms with Crippen molar-refractivity contribution in [2.45, 2.75) is 37.3 Å². The summed E-state index contributed by atoms with van der Waals surface area (Å²) in [5.41, 5.74) is 6.58.